The Balaban J connectivity index is 1.83. The highest BCUT2D eigenvalue weighted by Crippen LogP contribution is 2.23. The molecule has 5 nitrogen and oxygen atoms in total. The molecule has 2 heterocycles. The van der Waals surface area contributed by atoms with Crippen LogP contribution in [0.25, 0.3) is 0 Å². The Morgan fingerprint density at radius 3 is 2.83 bits per heavy atom. The molecule has 23 heavy (non-hydrogen) atoms. The summed E-state index contributed by atoms with van der Waals surface area (Å²) >= 11 is 0. The number of hydrogen-bond donors (Lipinski definition) is 1. The number of carbonyl (C=O) groups is 2. The number of carboxylic acids is 1. The summed E-state index contributed by atoms with van der Waals surface area (Å²) in [5.41, 5.74) is 2.89. The number of aryl methyl sites for hydroxylation is 1. The Labute approximate surface area is 134 Å². The lowest BCUT2D eigenvalue weighted by molar-refractivity contribution is 0.0696. The van der Waals surface area contributed by atoms with Gasteiger partial charge < -0.3 is 14.4 Å². The second-order valence-electron chi connectivity index (χ2n) is 5.77. The van der Waals surface area contributed by atoms with Gasteiger partial charge in [-0.2, -0.15) is 0 Å². The van der Waals surface area contributed by atoms with Crippen molar-refractivity contribution in [1.29, 1.82) is 0 Å². The number of amides is 1. The van der Waals surface area contributed by atoms with Gasteiger partial charge in [0.25, 0.3) is 5.91 Å². The summed E-state index contributed by atoms with van der Waals surface area (Å²) in [6.45, 7) is 3.11. The van der Waals surface area contributed by atoms with Gasteiger partial charge in [-0.05, 0) is 42.2 Å². The molecule has 5 heteroatoms. The third-order valence-corrected chi connectivity index (χ3v) is 4.21. The molecule has 2 aromatic rings. The van der Waals surface area contributed by atoms with E-state index in [9.17, 15) is 9.59 Å². The summed E-state index contributed by atoms with van der Waals surface area (Å²) in [6.07, 6.45) is 3.95. The molecule has 1 N–H and O–H groups in total. The van der Waals surface area contributed by atoms with Crippen molar-refractivity contribution in [2.45, 2.75) is 32.7 Å². The Morgan fingerprint density at radius 2 is 2.09 bits per heavy atom. The first kappa shape index (κ1) is 15.3. The fraction of sp³-hybridized carbons (Fsp3) is 0.333. The lowest BCUT2D eigenvalue weighted by Gasteiger charge is -2.29. The Hall–Kier alpha value is -2.56. The molecular formula is C18H19NO4. The summed E-state index contributed by atoms with van der Waals surface area (Å²) in [5, 5.41) is 9.11. The molecule has 1 aliphatic heterocycles. The molecule has 0 aliphatic carbocycles. The monoisotopic (exact) mass is 313 g/mol. The van der Waals surface area contributed by atoms with Crippen molar-refractivity contribution in [2.24, 2.45) is 0 Å². The van der Waals surface area contributed by atoms with E-state index in [1.807, 2.05) is 13.0 Å². The van der Waals surface area contributed by atoms with E-state index in [0.717, 1.165) is 36.1 Å². The predicted molar refractivity (Wildman–Crippen MR) is 84.5 cm³/mol. The summed E-state index contributed by atoms with van der Waals surface area (Å²) < 4.78 is 5.41. The molecule has 0 radical (unpaired) electrons. The van der Waals surface area contributed by atoms with Gasteiger partial charge in [-0.3, -0.25) is 4.79 Å². The highest BCUT2D eigenvalue weighted by atomic mass is 16.4. The van der Waals surface area contributed by atoms with Crippen molar-refractivity contribution < 1.29 is 19.1 Å². The molecule has 0 bridgehead atoms. The fourth-order valence-corrected chi connectivity index (χ4v) is 2.99. The van der Waals surface area contributed by atoms with Crippen LogP contribution in [0.15, 0.2) is 34.9 Å². The number of benzene rings is 1. The van der Waals surface area contributed by atoms with Crippen LogP contribution in [0.5, 0.6) is 0 Å². The van der Waals surface area contributed by atoms with Crippen LogP contribution >= 0.6 is 0 Å². The van der Waals surface area contributed by atoms with Crippen molar-refractivity contribution in [2.75, 3.05) is 6.54 Å². The maximum Gasteiger partial charge on any atom is 0.335 e. The maximum atomic E-state index is 12.7. The number of hydrogen-bond acceptors (Lipinski definition) is 3. The average Bonchev–Trinajstić information content (AvgIpc) is 3.01. The number of furan rings is 1. The van der Waals surface area contributed by atoms with E-state index >= 15 is 0 Å². The third-order valence-electron chi connectivity index (χ3n) is 4.21. The highest BCUT2D eigenvalue weighted by molar-refractivity contribution is 5.95. The standard InChI is InChI=1S/C18H19NO4/c1-2-3-16-15(7-9-23-16)17(20)19-8-6-12-4-5-13(18(21)22)10-14(12)11-19/h4-5,7,9-10H,2-3,6,8,11H2,1H3,(H,21,22). The lowest BCUT2D eigenvalue weighted by atomic mass is 9.97. The zero-order chi connectivity index (χ0) is 16.4. The van der Waals surface area contributed by atoms with Crippen LogP contribution in [-0.4, -0.2) is 28.4 Å². The van der Waals surface area contributed by atoms with Gasteiger partial charge in [-0.25, -0.2) is 4.79 Å². The van der Waals surface area contributed by atoms with Gasteiger partial charge in [0.05, 0.1) is 17.4 Å². The molecule has 3 rings (SSSR count). The topological polar surface area (TPSA) is 70.8 Å². The molecule has 1 amide bonds. The van der Waals surface area contributed by atoms with Crippen LogP contribution in [-0.2, 0) is 19.4 Å². The zero-order valence-electron chi connectivity index (χ0n) is 13.0. The van der Waals surface area contributed by atoms with Gasteiger partial charge in [0.2, 0.25) is 0 Å². The second kappa shape index (κ2) is 6.28. The van der Waals surface area contributed by atoms with Crippen LogP contribution in [0.4, 0.5) is 0 Å². The van der Waals surface area contributed by atoms with Crippen molar-refractivity contribution >= 4 is 11.9 Å². The van der Waals surface area contributed by atoms with Crippen LogP contribution in [0.3, 0.4) is 0 Å². The molecular weight excluding hydrogens is 294 g/mol. The minimum atomic E-state index is -0.948. The molecule has 0 saturated heterocycles. The third kappa shape index (κ3) is 2.99. The van der Waals surface area contributed by atoms with Gasteiger partial charge in [0.15, 0.2) is 0 Å². The Kier molecular flexibility index (Phi) is 4.19. The van der Waals surface area contributed by atoms with Gasteiger partial charge in [-0.1, -0.05) is 13.0 Å². The van der Waals surface area contributed by atoms with Gasteiger partial charge >= 0.3 is 5.97 Å². The molecule has 0 fully saturated rings. The van der Waals surface area contributed by atoms with Gasteiger partial charge in [0, 0.05) is 19.5 Å². The molecule has 120 valence electrons. The van der Waals surface area contributed by atoms with Gasteiger partial charge in [-0.15, -0.1) is 0 Å². The molecule has 0 unspecified atom stereocenters. The van der Waals surface area contributed by atoms with E-state index in [0.29, 0.717) is 18.7 Å². The first-order chi connectivity index (χ1) is 11.1. The van der Waals surface area contributed by atoms with Crippen LogP contribution in [0.1, 0.15) is 50.9 Å². The quantitative estimate of drug-likeness (QED) is 0.941. The lowest BCUT2D eigenvalue weighted by Crippen LogP contribution is -2.36. The van der Waals surface area contributed by atoms with E-state index in [1.165, 1.54) is 0 Å². The van der Waals surface area contributed by atoms with E-state index in [4.69, 9.17) is 9.52 Å². The molecule has 0 atom stereocenters. The SMILES string of the molecule is CCCc1occc1C(=O)N1CCc2ccc(C(=O)O)cc2C1. The van der Waals surface area contributed by atoms with Crippen molar-refractivity contribution in [3.8, 4) is 0 Å². The van der Waals surface area contributed by atoms with E-state index in [-0.39, 0.29) is 11.5 Å². The highest BCUT2D eigenvalue weighted by Gasteiger charge is 2.25. The molecule has 0 saturated carbocycles. The van der Waals surface area contributed by atoms with Crippen LogP contribution in [0, 0.1) is 0 Å². The first-order valence-corrected chi connectivity index (χ1v) is 7.81. The van der Waals surface area contributed by atoms with E-state index in [1.54, 1.807) is 29.4 Å². The molecule has 0 spiro atoms. The van der Waals surface area contributed by atoms with Crippen molar-refractivity contribution in [1.82, 2.24) is 4.90 Å². The molecule has 1 aliphatic rings. The Bertz CT molecular complexity index is 747. The maximum absolute atomic E-state index is 12.7. The molecule has 1 aromatic heterocycles. The minimum absolute atomic E-state index is 0.0476. The Morgan fingerprint density at radius 1 is 1.26 bits per heavy atom. The summed E-state index contributed by atoms with van der Waals surface area (Å²) in [4.78, 5) is 25.6. The second-order valence-corrected chi connectivity index (χ2v) is 5.77. The summed E-state index contributed by atoms with van der Waals surface area (Å²) in [7, 11) is 0. The van der Waals surface area contributed by atoms with Crippen molar-refractivity contribution in [3.05, 3.63) is 58.5 Å². The van der Waals surface area contributed by atoms with E-state index in [2.05, 4.69) is 0 Å². The first-order valence-electron chi connectivity index (χ1n) is 7.81. The minimum Gasteiger partial charge on any atom is -0.478 e. The van der Waals surface area contributed by atoms with Crippen LogP contribution in [0.2, 0.25) is 0 Å². The summed E-state index contributed by atoms with van der Waals surface area (Å²) in [5.74, 6) is -0.271. The number of rotatable bonds is 4. The van der Waals surface area contributed by atoms with Crippen LogP contribution < -0.4 is 0 Å². The fourth-order valence-electron chi connectivity index (χ4n) is 2.99. The number of nitrogens with zero attached hydrogens (tertiary/aromatic N) is 1. The zero-order valence-corrected chi connectivity index (χ0v) is 13.0. The van der Waals surface area contributed by atoms with Gasteiger partial charge in [0.1, 0.15) is 5.76 Å². The normalized spacial score (nSPS) is 13.7. The average molecular weight is 313 g/mol. The number of carbonyl (C=O) groups excluding carboxylic acids is 1. The molecule has 1 aromatic carbocycles. The van der Waals surface area contributed by atoms with E-state index < -0.39 is 5.97 Å². The predicted octanol–water partition coefficient (Wildman–Crippen LogP) is 3.13. The largest absolute Gasteiger partial charge is 0.478 e. The summed E-state index contributed by atoms with van der Waals surface area (Å²) in [6, 6.07) is 6.85. The number of fused-ring (bicyclic) bond motifs is 1. The van der Waals surface area contributed by atoms with Crippen molar-refractivity contribution in [3.63, 3.8) is 0 Å². The number of carboxylic acid groups (broad SMARTS) is 1. The smallest absolute Gasteiger partial charge is 0.335 e. The number of aromatic carboxylic acids is 1.